The third kappa shape index (κ3) is 5.46. The zero-order chi connectivity index (χ0) is 12.9. The fourth-order valence-electron chi connectivity index (χ4n) is 1.42. The van der Waals surface area contributed by atoms with Gasteiger partial charge in [0.2, 0.25) is 0 Å². The van der Waals surface area contributed by atoms with Crippen molar-refractivity contribution in [1.29, 1.82) is 5.41 Å². The first-order valence-electron chi connectivity index (χ1n) is 5.73. The van der Waals surface area contributed by atoms with Crippen LogP contribution in [0.5, 0.6) is 0 Å². The molecule has 3 heteroatoms. The topological polar surface area (TPSA) is 23.9 Å². The number of hydrogen-bond donors (Lipinski definition) is 1. The predicted octanol–water partition coefficient (Wildman–Crippen LogP) is 4.69. The van der Waals surface area contributed by atoms with Crippen molar-refractivity contribution in [3.8, 4) is 0 Å². The molecule has 0 aliphatic rings. The molecule has 0 bridgehead atoms. The number of hydrogen-bond acceptors (Lipinski definition) is 3. The lowest BCUT2D eigenvalue weighted by Crippen LogP contribution is -2.18. The maximum absolute atomic E-state index is 7.48. The normalized spacial score (nSPS) is 11.2. The summed E-state index contributed by atoms with van der Waals surface area (Å²) in [6.45, 7) is 6.24. The summed E-state index contributed by atoms with van der Waals surface area (Å²) < 4.78 is 1.04. The van der Waals surface area contributed by atoms with E-state index in [0.717, 1.165) is 28.3 Å². The van der Waals surface area contributed by atoms with Crippen LogP contribution >= 0.6 is 24.0 Å². The highest BCUT2D eigenvalue weighted by atomic mass is 32.2. The molecule has 0 saturated carbocycles. The van der Waals surface area contributed by atoms with E-state index in [0.29, 0.717) is 0 Å². The third-order valence-corrected chi connectivity index (χ3v) is 4.14. The van der Waals surface area contributed by atoms with Gasteiger partial charge in [0.05, 0.1) is 4.20 Å². The molecular weight excluding hydrogens is 246 g/mol. The maximum atomic E-state index is 7.48. The van der Waals surface area contributed by atoms with Gasteiger partial charge in [-0.2, -0.15) is 0 Å². The number of thioether (sulfide) groups is 1. The third-order valence-electron chi connectivity index (χ3n) is 2.48. The van der Waals surface area contributed by atoms with Crippen LogP contribution in [0.1, 0.15) is 39.2 Å². The van der Waals surface area contributed by atoms with Gasteiger partial charge in [-0.3, -0.25) is 0 Å². The molecule has 1 nitrogen and oxygen atoms in total. The first kappa shape index (κ1) is 14.4. The van der Waals surface area contributed by atoms with Gasteiger partial charge in [-0.15, -0.1) is 11.8 Å². The molecule has 1 aromatic rings. The Labute approximate surface area is 114 Å². The summed E-state index contributed by atoms with van der Waals surface area (Å²) in [6.07, 6.45) is 1.83. The van der Waals surface area contributed by atoms with Crippen molar-refractivity contribution >= 4 is 33.9 Å². The summed E-state index contributed by atoms with van der Waals surface area (Å²) in [7, 11) is 0. The SMILES string of the molecule is CC(=N)CCC(C)(C)SC(=S)c1ccccc1. The van der Waals surface area contributed by atoms with Gasteiger partial charge in [-0.05, 0) is 25.3 Å². The summed E-state index contributed by atoms with van der Waals surface area (Å²) in [6, 6.07) is 10.1. The molecule has 0 aliphatic heterocycles. The fraction of sp³-hybridized carbons (Fsp3) is 0.429. The second kappa shape index (κ2) is 6.31. The number of rotatable bonds is 5. The zero-order valence-electron chi connectivity index (χ0n) is 10.6. The molecule has 0 fully saturated rings. The van der Waals surface area contributed by atoms with E-state index in [-0.39, 0.29) is 4.75 Å². The Morgan fingerprint density at radius 1 is 1.29 bits per heavy atom. The Kier molecular flexibility index (Phi) is 5.34. The van der Waals surface area contributed by atoms with Crippen LogP contribution in [0.2, 0.25) is 0 Å². The van der Waals surface area contributed by atoms with Gasteiger partial charge in [0, 0.05) is 10.5 Å². The van der Waals surface area contributed by atoms with Crippen LogP contribution in [0.4, 0.5) is 0 Å². The van der Waals surface area contributed by atoms with Gasteiger partial charge < -0.3 is 5.41 Å². The van der Waals surface area contributed by atoms with E-state index in [2.05, 4.69) is 13.8 Å². The van der Waals surface area contributed by atoms with Crippen molar-refractivity contribution in [2.75, 3.05) is 0 Å². The van der Waals surface area contributed by atoms with Crippen molar-refractivity contribution < 1.29 is 0 Å². The molecular formula is C14H19NS2. The van der Waals surface area contributed by atoms with Gasteiger partial charge in [0.15, 0.2) is 0 Å². The molecule has 17 heavy (non-hydrogen) atoms. The van der Waals surface area contributed by atoms with Gasteiger partial charge >= 0.3 is 0 Å². The van der Waals surface area contributed by atoms with E-state index in [1.54, 1.807) is 11.8 Å². The van der Waals surface area contributed by atoms with Gasteiger partial charge in [-0.25, -0.2) is 0 Å². The highest BCUT2D eigenvalue weighted by molar-refractivity contribution is 8.24. The van der Waals surface area contributed by atoms with Crippen molar-refractivity contribution in [2.24, 2.45) is 0 Å². The lowest BCUT2D eigenvalue weighted by Gasteiger charge is -2.24. The lowest BCUT2D eigenvalue weighted by molar-refractivity contribution is 0.661. The Balaban J connectivity index is 2.58. The maximum Gasteiger partial charge on any atom is 0.0783 e. The Bertz CT molecular complexity index is 396. The summed E-state index contributed by atoms with van der Waals surface area (Å²) in [4.78, 5) is 0. The van der Waals surface area contributed by atoms with Crippen molar-refractivity contribution in [1.82, 2.24) is 0 Å². The minimum atomic E-state index is 0.0925. The number of benzene rings is 1. The molecule has 0 amide bonds. The summed E-state index contributed by atoms with van der Waals surface area (Å²) in [5.74, 6) is 0. The average molecular weight is 265 g/mol. The molecule has 0 atom stereocenters. The minimum Gasteiger partial charge on any atom is -0.310 e. The molecule has 0 spiro atoms. The van der Waals surface area contributed by atoms with Gasteiger partial charge in [0.1, 0.15) is 0 Å². The molecule has 1 aromatic carbocycles. The van der Waals surface area contributed by atoms with Crippen molar-refractivity contribution in [3.05, 3.63) is 35.9 Å². The largest absolute Gasteiger partial charge is 0.310 e. The number of thiocarbonyl (C=S) groups is 1. The van der Waals surface area contributed by atoms with Gasteiger partial charge in [0.25, 0.3) is 0 Å². The summed E-state index contributed by atoms with van der Waals surface area (Å²) in [5, 5.41) is 7.48. The van der Waals surface area contributed by atoms with Crippen LogP contribution in [-0.2, 0) is 0 Å². The van der Waals surface area contributed by atoms with E-state index < -0.39 is 0 Å². The van der Waals surface area contributed by atoms with Crippen LogP contribution in [0, 0.1) is 5.41 Å². The van der Waals surface area contributed by atoms with Crippen molar-refractivity contribution in [3.63, 3.8) is 0 Å². The standard InChI is InChI=1S/C14H19NS2/c1-11(15)9-10-14(2,3)17-13(16)12-7-5-4-6-8-12/h4-8,15H,9-10H2,1-3H3. The van der Waals surface area contributed by atoms with Crippen LogP contribution < -0.4 is 0 Å². The molecule has 0 aliphatic carbocycles. The first-order chi connectivity index (χ1) is 7.91. The summed E-state index contributed by atoms with van der Waals surface area (Å²) in [5.41, 5.74) is 1.86. The van der Waals surface area contributed by atoms with E-state index in [1.165, 1.54) is 0 Å². The van der Waals surface area contributed by atoms with Gasteiger partial charge in [-0.1, -0.05) is 56.4 Å². The monoisotopic (exact) mass is 265 g/mol. The molecule has 1 rings (SSSR count). The quantitative estimate of drug-likeness (QED) is 0.616. The zero-order valence-corrected chi connectivity index (χ0v) is 12.3. The first-order valence-corrected chi connectivity index (χ1v) is 6.95. The highest BCUT2D eigenvalue weighted by Crippen LogP contribution is 2.32. The summed E-state index contributed by atoms with van der Waals surface area (Å²) >= 11 is 7.19. The van der Waals surface area contributed by atoms with Crippen LogP contribution in [0.3, 0.4) is 0 Å². The van der Waals surface area contributed by atoms with E-state index >= 15 is 0 Å². The molecule has 0 heterocycles. The molecule has 0 aromatic heterocycles. The lowest BCUT2D eigenvalue weighted by atomic mass is 10.1. The van der Waals surface area contributed by atoms with Crippen LogP contribution in [-0.4, -0.2) is 14.7 Å². The second-order valence-electron chi connectivity index (χ2n) is 4.80. The van der Waals surface area contributed by atoms with Crippen LogP contribution in [0.15, 0.2) is 30.3 Å². The molecule has 92 valence electrons. The Hall–Kier alpha value is -0.670. The predicted molar refractivity (Wildman–Crippen MR) is 82.4 cm³/mol. The molecule has 0 unspecified atom stereocenters. The van der Waals surface area contributed by atoms with Crippen LogP contribution in [0.25, 0.3) is 0 Å². The average Bonchev–Trinajstić information content (AvgIpc) is 2.27. The Morgan fingerprint density at radius 2 is 1.88 bits per heavy atom. The fourth-order valence-corrected chi connectivity index (χ4v) is 3.20. The smallest absolute Gasteiger partial charge is 0.0783 e. The van der Waals surface area contributed by atoms with E-state index in [9.17, 15) is 0 Å². The minimum absolute atomic E-state index is 0.0925. The highest BCUT2D eigenvalue weighted by Gasteiger charge is 2.21. The molecule has 0 saturated heterocycles. The molecule has 0 radical (unpaired) electrons. The Morgan fingerprint density at radius 3 is 2.41 bits per heavy atom. The van der Waals surface area contributed by atoms with E-state index in [1.807, 2.05) is 37.3 Å². The number of nitrogens with one attached hydrogen (secondary N) is 1. The second-order valence-corrected chi connectivity index (χ2v) is 7.18. The molecule has 1 N–H and O–H groups in total. The van der Waals surface area contributed by atoms with E-state index in [4.69, 9.17) is 17.6 Å². The van der Waals surface area contributed by atoms with Crippen molar-refractivity contribution in [2.45, 2.75) is 38.4 Å².